The van der Waals surface area contributed by atoms with Gasteiger partial charge in [0.2, 0.25) is 0 Å². The summed E-state index contributed by atoms with van der Waals surface area (Å²) in [6.07, 6.45) is -0.0177. The zero-order chi connectivity index (χ0) is 17.5. The Hall–Kier alpha value is -2.15. The SMILES string of the molecule is CNc1cccc([C@H]2CN(Cc3cccc(OCCO)c3)CCO2)n1. The van der Waals surface area contributed by atoms with Crippen LogP contribution in [0.4, 0.5) is 5.82 Å². The zero-order valence-electron chi connectivity index (χ0n) is 14.5. The van der Waals surface area contributed by atoms with Gasteiger partial charge in [0, 0.05) is 26.7 Å². The van der Waals surface area contributed by atoms with E-state index in [9.17, 15) is 0 Å². The second kappa shape index (κ2) is 8.80. The van der Waals surface area contributed by atoms with Crippen molar-refractivity contribution in [2.24, 2.45) is 0 Å². The monoisotopic (exact) mass is 343 g/mol. The number of rotatable bonds is 7. The van der Waals surface area contributed by atoms with Gasteiger partial charge in [-0.1, -0.05) is 18.2 Å². The summed E-state index contributed by atoms with van der Waals surface area (Å²) < 4.78 is 11.4. The van der Waals surface area contributed by atoms with E-state index in [1.165, 1.54) is 5.56 Å². The summed E-state index contributed by atoms with van der Waals surface area (Å²) in [5.41, 5.74) is 2.14. The van der Waals surface area contributed by atoms with Crippen LogP contribution in [0.25, 0.3) is 0 Å². The summed E-state index contributed by atoms with van der Waals surface area (Å²) in [6.45, 7) is 3.56. The highest BCUT2D eigenvalue weighted by Crippen LogP contribution is 2.23. The fourth-order valence-corrected chi connectivity index (χ4v) is 2.95. The van der Waals surface area contributed by atoms with Crippen molar-refractivity contribution in [3.05, 3.63) is 53.7 Å². The Kier molecular flexibility index (Phi) is 6.22. The summed E-state index contributed by atoms with van der Waals surface area (Å²) in [6, 6.07) is 14.0. The van der Waals surface area contributed by atoms with E-state index in [1.54, 1.807) is 0 Å². The molecule has 0 radical (unpaired) electrons. The van der Waals surface area contributed by atoms with Crippen LogP contribution >= 0.6 is 0 Å². The molecule has 1 aromatic carbocycles. The number of morpholine rings is 1. The Labute approximate surface area is 148 Å². The minimum absolute atomic E-state index is 0.0177. The van der Waals surface area contributed by atoms with Crippen molar-refractivity contribution in [3.8, 4) is 5.75 Å². The molecule has 1 fully saturated rings. The largest absolute Gasteiger partial charge is 0.491 e. The number of nitrogens with zero attached hydrogens (tertiary/aromatic N) is 2. The second-order valence-corrected chi connectivity index (χ2v) is 6.01. The first kappa shape index (κ1) is 17.7. The Bertz CT molecular complexity index is 680. The molecule has 3 rings (SSSR count). The van der Waals surface area contributed by atoms with Crippen molar-refractivity contribution >= 4 is 5.82 Å². The maximum atomic E-state index is 8.88. The number of nitrogens with one attached hydrogen (secondary N) is 1. The van der Waals surface area contributed by atoms with Gasteiger partial charge in [-0.3, -0.25) is 4.90 Å². The fourth-order valence-electron chi connectivity index (χ4n) is 2.95. The molecule has 1 atom stereocenters. The molecule has 0 aliphatic carbocycles. The second-order valence-electron chi connectivity index (χ2n) is 6.01. The molecule has 0 amide bonds. The van der Waals surface area contributed by atoms with Gasteiger partial charge in [0.15, 0.2) is 0 Å². The van der Waals surface area contributed by atoms with Crippen LogP contribution in [-0.2, 0) is 11.3 Å². The van der Waals surface area contributed by atoms with E-state index in [0.29, 0.717) is 13.2 Å². The number of aromatic nitrogens is 1. The van der Waals surface area contributed by atoms with Crippen molar-refractivity contribution in [2.45, 2.75) is 12.6 Å². The number of benzene rings is 1. The van der Waals surface area contributed by atoms with E-state index in [-0.39, 0.29) is 12.7 Å². The van der Waals surface area contributed by atoms with Crippen LogP contribution < -0.4 is 10.1 Å². The molecular weight excluding hydrogens is 318 g/mol. The molecule has 6 heteroatoms. The maximum Gasteiger partial charge on any atom is 0.126 e. The molecule has 6 nitrogen and oxygen atoms in total. The lowest BCUT2D eigenvalue weighted by Gasteiger charge is -2.32. The highest BCUT2D eigenvalue weighted by Gasteiger charge is 2.23. The summed E-state index contributed by atoms with van der Waals surface area (Å²) in [5, 5.41) is 11.9. The quantitative estimate of drug-likeness (QED) is 0.802. The number of hydrogen-bond acceptors (Lipinski definition) is 6. The van der Waals surface area contributed by atoms with Crippen LogP contribution in [0.5, 0.6) is 5.75 Å². The van der Waals surface area contributed by atoms with Gasteiger partial charge in [-0.25, -0.2) is 4.98 Å². The van der Waals surface area contributed by atoms with Gasteiger partial charge in [0.1, 0.15) is 24.3 Å². The maximum absolute atomic E-state index is 8.88. The molecule has 0 unspecified atom stereocenters. The van der Waals surface area contributed by atoms with Gasteiger partial charge in [-0.15, -0.1) is 0 Å². The third-order valence-electron chi connectivity index (χ3n) is 4.17. The van der Waals surface area contributed by atoms with E-state index in [4.69, 9.17) is 14.6 Å². The normalized spacial score (nSPS) is 18.1. The minimum atomic E-state index is -0.0177. The predicted octanol–water partition coefficient (Wildman–Crippen LogP) is 2.07. The molecule has 134 valence electrons. The van der Waals surface area contributed by atoms with Crippen LogP contribution in [0.15, 0.2) is 42.5 Å². The van der Waals surface area contributed by atoms with Crippen LogP contribution in [-0.4, -0.2) is 54.9 Å². The van der Waals surface area contributed by atoms with Gasteiger partial charge in [0.05, 0.1) is 18.9 Å². The highest BCUT2D eigenvalue weighted by atomic mass is 16.5. The Morgan fingerprint density at radius 3 is 3.04 bits per heavy atom. The Morgan fingerprint density at radius 2 is 2.20 bits per heavy atom. The van der Waals surface area contributed by atoms with Gasteiger partial charge in [-0.2, -0.15) is 0 Å². The smallest absolute Gasteiger partial charge is 0.126 e. The van der Waals surface area contributed by atoms with Crippen molar-refractivity contribution in [3.63, 3.8) is 0 Å². The number of anilines is 1. The lowest BCUT2D eigenvalue weighted by molar-refractivity contribution is -0.0349. The third-order valence-corrected chi connectivity index (χ3v) is 4.17. The molecule has 0 saturated carbocycles. The van der Waals surface area contributed by atoms with Crippen LogP contribution in [0.3, 0.4) is 0 Å². The molecule has 1 aromatic heterocycles. The van der Waals surface area contributed by atoms with E-state index in [1.807, 2.05) is 43.4 Å². The lowest BCUT2D eigenvalue weighted by atomic mass is 10.1. The first-order valence-electron chi connectivity index (χ1n) is 8.60. The first-order chi connectivity index (χ1) is 12.3. The number of aliphatic hydroxyl groups is 1. The first-order valence-corrected chi connectivity index (χ1v) is 8.60. The van der Waals surface area contributed by atoms with Crippen LogP contribution in [0.1, 0.15) is 17.4 Å². The average molecular weight is 343 g/mol. The fraction of sp³-hybridized carbons (Fsp3) is 0.421. The summed E-state index contributed by atoms with van der Waals surface area (Å²) >= 11 is 0. The molecule has 0 spiro atoms. The average Bonchev–Trinajstić information content (AvgIpc) is 2.67. The molecule has 2 heterocycles. The molecule has 1 aliphatic rings. The van der Waals surface area contributed by atoms with Crippen LogP contribution in [0, 0.1) is 0 Å². The molecule has 2 N–H and O–H groups in total. The molecular formula is C19H25N3O3. The van der Waals surface area contributed by atoms with Crippen molar-refractivity contribution in [2.75, 3.05) is 45.3 Å². The zero-order valence-corrected chi connectivity index (χ0v) is 14.5. The molecule has 25 heavy (non-hydrogen) atoms. The van der Waals surface area contributed by atoms with Gasteiger partial charge >= 0.3 is 0 Å². The molecule has 1 saturated heterocycles. The summed E-state index contributed by atoms with van der Waals surface area (Å²) in [5.74, 6) is 1.65. The molecule has 2 aromatic rings. The highest BCUT2D eigenvalue weighted by molar-refractivity contribution is 5.35. The molecule has 1 aliphatic heterocycles. The van der Waals surface area contributed by atoms with E-state index in [0.717, 1.165) is 36.9 Å². The van der Waals surface area contributed by atoms with Crippen LogP contribution in [0.2, 0.25) is 0 Å². The number of aliphatic hydroxyl groups excluding tert-OH is 1. The van der Waals surface area contributed by atoms with Crippen molar-refractivity contribution < 1.29 is 14.6 Å². The van der Waals surface area contributed by atoms with Crippen molar-refractivity contribution in [1.82, 2.24) is 9.88 Å². The van der Waals surface area contributed by atoms with E-state index >= 15 is 0 Å². The Balaban J connectivity index is 1.63. The van der Waals surface area contributed by atoms with Gasteiger partial charge < -0.3 is 19.9 Å². The molecule has 0 bridgehead atoms. The van der Waals surface area contributed by atoms with E-state index in [2.05, 4.69) is 21.3 Å². The van der Waals surface area contributed by atoms with Crippen molar-refractivity contribution in [1.29, 1.82) is 0 Å². The van der Waals surface area contributed by atoms with Gasteiger partial charge in [0.25, 0.3) is 0 Å². The number of hydrogen-bond donors (Lipinski definition) is 2. The van der Waals surface area contributed by atoms with Gasteiger partial charge in [-0.05, 0) is 29.8 Å². The lowest BCUT2D eigenvalue weighted by Crippen LogP contribution is -2.38. The number of ether oxygens (including phenoxy) is 2. The minimum Gasteiger partial charge on any atom is -0.491 e. The predicted molar refractivity (Wildman–Crippen MR) is 96.8 cm³/mol. The number of pyridine rings is 1. The summed E-state index contributed by atoms with van der Waals surface area (Å²) in [7, 11) is 1.87. The summed E-state index contributed by atoms with van der Waals surface area (Å²) in [4.78, 5) is 6.97. The third kappa shape index (κ3) is 4.92. The Morgan fingerprint density at radius 1 is 1.32 bits per heavy atom. The van der Waals surface area contributed by atoms with E-state index < -0.39 is 0 Å². The standard InChI is InChI=1S/C19H25N3O3/c1-20-19-7-3-6-17(21-19)18-14-22(8-10-25-18)13-15-4-2-5-16(12-15)24-11-9-23/h2-7,12,18,23H,8-11,13-14H2,1H3,(H,20,21)/t18-/m1/s1. The topological polar surface area (TPSA) is 66.9 Å².